The van der Waals surface area contributed by atoms with Gasteiger partial charge < -0.3 is 5.11 Å². The maximum atomic E-state index is 9.52. The van der Waals surface area contributed by atoms with Crippen LogP contribution < -0.4 is 0 Å². The monoisotopic (exact) mass is 252 g/mol. The van der Waals surface area contributed by atoms with Crippen molar-refractivity contribution in [1.29, 1.82) is 0 Å². The van der Waals surface area contributed by atoms with Crippen molar-refractivity contribution in [3.63, 3.8) is 0 Å². The van der Waals surface area contributed by atoms with Gasteiger partial charge in [0.2, 0.25) is 5.28 Å². The Balaban J connectivity index is 1.90. The molecule has 4 heteroatoms. The van der Waals surface area contributed by atoms with Crippen LogP contribution in [-0.4, -0.2) is 21.7 Å². The van der Waals surface area contributed by atoms with Gasteiger partial charge in [0.05, 0.1) is 5.69 Å². The summed E-state index contributed by atoms with van der Waals surface area (Å²) in [4.78, 5) is 8.36. The predicted octanol–water partition coefficient (Wildman–Crippen LogP) is 2.71. The fraction of sp³-hybridized carbons (Fsp3) is 0.692. The molecule has 0 amide bonds. The van der Waals surface area contributed by atoms with Gasteiger partial charge in [0.25, 0.3) is 0 Å². The molecule has 4 rings (SSSR count). The zero-order chi connectivity index (χ0) is 11.9. The molecule has 17 heavy (non-hydrogen) atoms. The SMILES string of the molecule is OCC12CCC(c3ccnc(Cl)n3)(CC1)CC2. The van der Waals surface area contributed by atoms with Crippen LogP contribution in [0.1, 0.15) is 44.2 Å². The molecule has 3 aliphatic rings. The van der Waals surface area contributed by atoms with E-state index in [2.05, 4.69) is 9.97 Å². The van der Waals surface area contributed by atoms with Crippen LogP contribution in [0.3, 0.4) is 0 Å². The molecule has 92 valence electrons. The fourth-order valence-corrected chi connectivity index (χ4v) is 3.66. The summed E-state index contributed by atoms with van der Waals surface area (Å²) in [5, 5.41) is 9.87. The third kappa shape index (κ3) is 1.76. The van der Waals surface area contributed by atoms with E-state index in [1.165, 1.54) is 0 Å². The first-order valence-electron chi connectivity index (χ1n) is 6.28. The molecule has 0 saturated heterocycles. The molecule has 0 spiro atoms. The third-order valence-corrected chi connectivity index (χ3v) is 5.09. The van der Waals surface area contributed by atoms with Gasteiger partial charge in [-0.3, -0.25) is 0 Å². The Kier molecular flexibility index (Phi) is 2.64. The first-order valence-corrected chi connectivity index (χ1v) is 6.66. The number of aliphatic hydroxyl groups excluding tert-OH is 1. The Hall–Kier alpha value is -0.670. The average molecular weight is 253 g/mol. The summed E-state index contributed by atoms with van der Waals surface area (Å²) < 4.78 is 0. The molecule has 1 N–H and O–H groups in total. The summed E-state index contributed by atoms with van der Waals surface area (Å²) in [6, 6.07) is 2.00. The van der Waals surface area contributed by atoms with Crippen LogP contribution in [0.25, 0.3) is 0 Å². The van der Waals surface area contributed by atoms with Gasteiger partial charge in [0.15, 0.2) is 0 Å². The largest absolute Gasteiger partial charge is 0.396 e. The van der Waals surface area contributed by atoms with Crippen molar-refractivity contribution in [2.75, 3.05) is 6.61 Å². The highest BCUT2D eigenvalue weighted by molar-refractivity contribution is 6.28. The zero-order valence-corrected chi connectivity index (χ0v) is 10.6. The van der Waals surface area contributed by atoms with E-state index in [-0.39, 0.29) is 10.8 Å². The number of fused-ring (bicyclic) bond motifs is 3. The number of aliphatic hydroxyl groups is 1. The van der Waals surface area contributed by atoms with Gasteiger partial charge in [0, 0.05) is 18.2 Å². The summed E-state index contributed by atoms with van der Waals surface area (Å²) in [6.07, 6.45) is 8.48. The fourth-order valence-electron chi connectivity index (χ4n) is 3.51. The smallest absolute Gasteiger partial charge is 0.222 e. The zero-order valence-electron chi connectivity index (χ0n) is 9.82. The molecular formula is C13H17ClN2O. The molecule has 3 fully saturated rings. The van der Waals surface area contributed by atoms with Gasteiger partial charge in [-0.05, 0) is 61.6 Å². The van der Waals surface area contributed by atoms with E-state index in [9.17, 15) is 5.11 Å². The predicted molar refractivity (Wildman–Crippen MR) is 65.9 cm³/mol. The van der Waals surface area contributed by atoms with Crippen molar-refractivity contribution in [1.82, 2.24) is 9.97 Å². The molecule has 0 aromatic carbocycles. The highest BCUT2D eigenvalue weighted by Crippen LogP contribution is 2.57. The Labute approximate surface area is 106 Å². The minimum atomic E-state index is 0.198. The van der Waals surface area contributed by atoms with Crippen molar-refractivity contribution in [2.24, 2.45) is 5.41 Å². The number of nitrogens with zero attached hydrogens (tertiary/aromatic N) is 2. The molecule has 1 aromatic rings. The van der Waals surface area contributed by atoms with Gasteiger partial charge in [-0.15, -0.1) is 0 Å². The van der Waals surface area contributed by atoms with E-state index in [4.69, 9.17) is 11.6 Å². The van der Waals surface area contributed by atoms with Crippen LogP contribution in [-0.2, 0) is 5.41 Å². The Morgan fingerprint density at radius 2 is 1.82 bits per heavy atom. The summed E-state index contributed by atoms with van der Waals surface area (Å²) in [5.74, 6) is 0. The van der Waals surface area contributed by atoms with Gasteiger partial charge >= 0.3 is 0 Å². The third-order valence-electron chi connectivity index (χ3n) is 4.91. The summed E-state index contributed by atoms with van der Waals surface area (Å²) in [6.45, 7) is 0.341. The van der Waals surface area contributed by atoms with Crippen molar-refractivity contribution >= 4 is 11.6 Å². The lowest BCUT2D eigenvalue weighted by molar-refractivity contribution is -0.00831. The molecule has 0 aliphatic heterocycles. The highest BCUT2D eigenvalue weighted by Gasteiger charge is 2.49. The molecule has 0 unspecified atom stereocenters. The standard InChI is InChI=1S/C13H17ClN2O/c14-11-15-8-1-10(16-11)13-5-2-12(9-17,3-6-13)4-7-13/h1,8,17H,2-7,9H2. The molecule has 3 saturated carbocycles. The van der Waals surface area contributed by atoms with E-state index < -0.39 is 0 Å². The highest BCUT2D eigenvalue weighted by atomic mass is 35.5. The molecule has 0 radical (unpaired) electrons. The van der Waals surface area contributed by atoms with E-state index in [1.54, 1.807) is 6.20 Å². The number of hydrogen-bond acceptors (Lipinski definition) is 3. The first-order chi connectivity index (χ1) is 8.18. The summed E-state index contributed by atoms with van der Waals surface area (Å²) >= 11 is 5.89. The molecular weight excluding hydrogens is 236 g/mol. The number of rotatable bonds is 2. The Bertz CT molecular complexity index is 411. The molecule has 2 bridgehead atoms. The van der Waals surface area contributed by atoms with E-state index in [0.29, 0.717) is 11.9 Å². The van der Waals surface area contributed by atoms with Crippen molar-refractivity contribution in [3.05, 3.63) is 23.2 Å². The Morgan fingerprint density at radius 3 is 2.35 bits per heavy atom. The van der Waals surface area contributed by atoms with E-state index >= 15 is 0 Å². The second-order valence-electron chi connectivity index (χ2n) is 5.65. The van der Waals surface area contributed by atoms with Gasteiger partial charge in [-0.2, -0.15) is 0 Å². The lowest BCUT2D eigenvalue weighted by Gasteiger charge is -2.52. The van der Waals surface area contributed by atoms with Crippen molar-refractivity contribution < 1.29 is 5.11 Å². The van der Waals surface area contributed by atoms with Gasteiger partial charge in [-0.25, -0.2) is 9.97 Å². The Morgan fingerprint density at radius 1 is 1.18 bits per heavy atom. The lowest BCUT2D eigenvalue weighted by atomic mass is 9.53. The lowest BCUT2D eigenvalue weighted by Crippen LogP contribution is -2.46. The molecule has 1 aromatic heterocycles. The van der Waals surface area contributed by atoms with Crippen LogP contribution in [0.2, 0.25) is 5.28 Å². The van der Waals surface area contributed by atoms with Crippen LogP contribution in [0, 0.1) is 5.41 Å². The van der Waals surface area contributed by atoms with E-state index in [1.807, 2.05) is 6.07 Å². The van der Waals surface area contributed by atoms with Crippen LogP contribution >= 0.6 is 11.6 Å². The molecule has 0 atom stereocenters. The molecule has 1 heterocycles. The van der Waals surface area contributed by atoms with Crippen LogP contribution in [0.4, 0.5) is 0 Å². The summed E-state index contributed by atoms with van der Waals surface area (Å²) in [7, 11) is 0. The number of halogens is 1. The topological polar surface area (TPSA) is 46.0 Å². The first kappa shape index (κ1) is 11.4. The van der Waals surface area contributed by atoms with Crippen LogP contribution in [0.15, 0.2) is 12.3 Å². The second kappa shape index (κ2) is 3.92. The van der Waals surface area contributed by atoms with Crippen LogP contribution in [0.5, 0.6) is 0 Å². The normalized spacial score (nSPS) is 36.1. The van der Waals surface area contributed by atoms with E-state index in [0.717, 1.165) is 44.2 Å². The summed E-state index contributed by atoms with van der Waals surface area (Å²) in [5.41, 5.74) is 1.51. The minimum absolute atomic E-state index is 0.198. The maximum absolute atomic E-state index is 9.52. The van der Waals surface area contributed by atoms with Crippen molar-refractivity contribution in [3.8, 4) is 0 Å². The number of hydrogen-bond donors (Lipinski definition) is 1. The van der Waals surface area contributed by atoms with Crippen molar-refractivity contribution in [2.45, 2.75) is 43.9 Å². The second-order valence-corrected chi connectivity index (χ2v) is 5.99. The van der Waals surface area contributed by atoms with Gasteiger partial charge in [-0.1, -0.05) is 0 Å². The average Bonchev–Trinajstić information content (AvgIpc) is 2.41. The number of aromatic nitrogens is 2. The quantitative estimate of drug-likeness (QED) is 0.824. The maximum Gasteiger partial charge on any atom is 0.222 e. The molecule has 3 aliphatic carbocycles. The van der Waals surface area contributed by atoms with Gasteiger partial charge in [0.1, 0.15) is 0 Å². The molecule has 3 nitrogen and oxygen atoms in total. The minimum Gasteiger partial charge on any atom is -0.396 e.